The lowest BCUT2D eigenvalue weighted by Crippen LogP contribution is -2.31. The number of nitrogens with one attached hydrogen (secondary N) is 1. The van der Waals surface area contributed by atoms with Crippen LogP contribution >= 0.6 is 0 Å². The van der Waals surface area contributed by atoms with Crippen LogP contribution in [-0.2, 0) is 0 Å². The largest absolute Gasteiger partial charge is 0.397 e. The average Bonchev–Trinajstić information content (AvgIpc) is 2.18. The molecule has 0 saturated heterocycles. The van der Waals surface area contributed by atoms with E-state index in [0.717, 1.165) is 5.69 Å². The highest BCUT2D eigenvalue weighted by Gasteiger charge is 2.24. The molecule has 0 bridgehead atoms. The van der Waals surface area contributed by atoms with Gasteiger partial charge in [0.05, 0.1) is 16.3 Å². The molecule has 1 fully saturated rings. The second-order valence-electron chi connectivity index (χ2n) is 4.65. The van der Waals surface area contributed by atoms with Crippen molar-refractivity contribution in [1.82, 2.24) is 0 Å². The lowest BCUT2D eigenvalue weighted by Gasteiger charge is -2.32. The van der Waals surface area contributed by atoms with E-state index in [-0.39, 0.29) is 5.69 Å². The van der Waals surface area contributed by atoms with Gasteiger partial charge in [0.15, 0.2) is 0 Å². The molecule has 0 aromatic heterocycles. The molecule has 5 nitrogen and oxygen atoms in total. The van der Waals surface area contributed by atoms with Crippen molar-refractivity contribution in [2.24, 2.45) is 5.92 Å². The van der Waals surface area contributed by atoms with Crippen LogP contribution in [0.25, 0.3) is 0 Å². The van der Waals surface area contributed by atoms with Gasteiger partial charge in [0, 0.05) is 18.2 Å². The van der Waals surface area contributed by atoms with Crippen LogP contribution in [0.4, 0.5) is 17.1 Å². The first-order chi connectivity index (χ1) is 8.08. The molecule has 17 heavy (non-hydrogen) atoms. The number of rotatable bonds is 4. The lowest BCUT2D eigenvalue weighted by molar-refractivity contribution is -0.384. The van der Waals surface area contributed by atoms with Gasteiger partial charge in [-0.1, -0.05) is 6.42 Å². The molecule has 1 atom stereocenters. The topological polar surface area (TPSA) is 81.2 Å². The fraction of sp³-hybridized carbons (Fsp3) is 0.500. The predicted molar refractivity (Wildman–Crippen MR) is 67.9 cm³/mol. The molecule has 1 aromatic rings. The number of nitrogens with zero attached hydrogens (tertiary/aromatic N) is 1. The Morgan fingerprint density at radius 3 is 2.71 bits per heavy atom. The summed E-state index contributed by atoms with van der Waals surface area (Å²) in [5.41, 5.74) is 7.05. The fourth-order valence-electron chi connectivity index (χ4n) is 2.10. The minimum absolute atomic E-state index is 0.0318. The van der Waals surface area contributed by atoms with E-state index in [4.69, 9.17) is 5.73 Å². The maximum atomic E-state index is 10.6. The quantitative estimate of drug-likeness (QED) is 0.477. The van der Waals surface area contributed by atoms with E-state index in [0.29, 0.717) is 17.6 Å². The van der Waals surface area contributed by atoms with Crippen LogP contribution in [0.1, 0.15) is 26.2 Å². The first kappa shape index (κ1) is 11.7. The molecule has 3 N–H and O–H groups in total. The smallest absolute Gasteiger partial charge is 0.271 e. The first-order valence-electron chi connectivity index (χ1n) is 5.88. The zero-order chi connectivity index (χ0) is 12.4. The standard InChI is InChI=1S/C12H17N3O2/c1-8(9-3-2-4-9)14-12-6-5-10(15(16)17)7-11(12)13/h5-9,14H,2-4,13H2,1H3. The summed E-state index contributed by atoms with van der Waals surface area (Å²) >= 11 is 0. The summed E-state index contributed by atoms with van der Waals surface area (Å²) in [6.45, 7) is 2.13. The van der Waals surface area contributed by atoms with Crippen molar-refractivity contribution in [3.05, 3.63) is 28.3 Å². The average molecular weight is 235 g/mol. The Hall–Kier alpha value is -1.78. The summed E-state index contributed by atoms with van der Waals surface area (Å²) < 4.78 is 0. The maximum absolute atomic E-state index is 10.6. The number of nitrogen functional groups attached to an aromatic ring is 1. The van der Waals surface area contributed by atoms with Gasteiger partial charge in [-0.25, -0.2) is 0 Å². The normalized spacial score (nSPS) is 17.2. The molecule has 0 heterocycles. The number of nitro benzene ring substituents is 1. The summed E-state index contributed by atoms with van der Waals surface area (Å²) in [4.78, 5) is 10.1. The number of non-ortho nitro benzene ring substituents is 1. The van der Waals surface area contributed by atoms with Crippen LogP contribution in [-0.4, -0.2) is 11.0 Å². The van der Waals surface area contributed by atoms with Gasteiger partial charge in [-0.2, -0.15) is 0 Å². The van der Waals surface area contributed by atoms with Crippen molar-refractivity contribution in [3.8, 4) is 0 Å². The molecule has 1 aliphatic rings. The van der Waals surface area contributed by atoms with E-state index >= 15 is 0 Å². The van der Waals surface area contributed by atoms with E-state index in [1.165, 1.54) is 31.4 Å². The fourth-order valence-corrected chi connectivity index (χ4v) is 2.10. The second-order valence-corrected chi connectivity index (χ2v) is 4.65. The third kappa shape index (κ3) is 2.49. The highest BCUT2D eigenvalue weighted by Crippen LogP contribution is 2.32. The highest BCUT2D eigenvalue weighted by atomic mass is 16.6. The van der Waals surface area contributed by atoms with Gasteiger partial charge >= 0.3 is 0 Å². The molecule has 92 valence electrons. The van der Waals surface area contributed by atoms with Gasteiger partial charge in [0.1, 0.15) is 0 Å². The highest BCUT2D eigenvalue weighted by molar-refractivity contribution is 5.69. The summed E-state index contributed by atoms with van der Waals surface area (Å²) in [5, 5.41) is 13.9. The molecule has 0 aliphatic heterocycles. The lowest BCUT2D eigenvalue weighted by atomic mass is 9.80. The number of nitrogens with two attached hydrogens (primary N) is 1. The van der Waals surface area contributed by atoms with Gasteiger partial charge in [-0.05, 0) is 31.7 Å². The number of hydrogen-bond donors (Lipinski definition) is 2. The van der Waals surface area contributed by atoms with E-state index in [2.05, 4.69) is 12.2 Å². The minimum atomic E-state index is -0.435. The molecule has 0 spiro atoms. The SMILES string of the molecule is CC(Nc1ccc([N+](=O)[O-])cc1N)C1CCC1. The van der Waals surface area contributed by atoms with Crippen molar-refractivity contribution >= 4 is 17.1 Å². The van der Waals surface area contributed by atoms with Crippen molar-refractivity contribution in [2.45, 2.75) is 32.2 Å². The summed E-state index contributed by atoms with van der Waals surface area (Å²) in [6.07, 6.45) is 3.80. The monoisotopic (exact) mass is 235 g/mol. The molecular formula is C12H17N3O2. The maximum Gasteiger partial charge on any atom is 0.271 e. The molecule has 1 aromatic carbocycles. The molecule has 1 saturated carbocycles. The predicted octanol–water partition coefficient (Wildman–Crippen LogP) is 2.78. The second kappa shape index (κ2) is 4.61. The van der Waals surface area contributed by atoms with Gasteiger partial charge < -0.3 is 11.1 Å². The zero-order valence-electron chi connectivity index (χ0n) is 9.85. The number of benzene rings is 1. The molecule has 1 unspecified atom stereocenters. The summed E-state index contributed by atoms with van der Waals surface area (Å²) in [6, 6.07) is 4.93. The summed E-state index contributed by atoms with van der Waals surface area (Å²) in [7, 11) is 0. The summed E-state index contributed by atoms with van der Waals surface area (Å²) in [5.74, 6) is 0.699. The Morgan fingerprint density at radius 2 is 2.24 bits per heavy atom. The Kier molecular flexibility index (Phi) is 3.17. The molecular weight excluding hydrogens is 218 g/mol. The van der Waals surface area contributed by atoms with Crippen LogP contribution in [0, 0.1) is 16.0 Å². The molecule has 0 amide bonds. The third-order valence-electron chi connectivity index (χ3n) is 3.49. The van der Waals surface area contributed by atoms with E-state index in [9.17, 15) is 10.1 Å². The van der Waals surface area contributed by atoms with E-state index in [1.807, 2.05) is 0 Å². The van der Waals surface area contributed by atoms with Crippen molar-refractivity contribution < 1.29 is 4.92 Å². The number of hydrogen-bond acceptors (Lipinski definition) is 4. The Labute approximate surface area is 100 Å². The van der Waals surface area contributed by atoms with E-state index < -0.39 is 4.92 Å². The van der Waals surface area contributed by atoms with Crippen LogP contribution in [0.3, 0.4) is 0 Å². The first-order valence-corrected chi connectivity index (χ1v) is 5.88. The number of nitro groups is 1. The Balaban J connectivity index is 2.07. The molecule has 0 radical (unpaired) electrons. The van der Waals surface area contributed by atoms with E-state index in [1.54, 1.807) is 6.07 Å². The molecule has 1 aliphatic carbocycles. The molecule has 5 heteroatoms. The van der Waals surface area contributed by atoms with Crippen molar-refractivity contribution in [3.63, 3.8) is 0 Å². The third-order valence-corrected chi connectivity index (χ3v) is 3.49. The van der Waals surface area contributed by atoms with Gasteiger partial charge in [-0.3, -0.25) is 10.1 Å². The van der Waals surface area contributed by atoms with Crippen molar-refractivity contribution in [2.75, 3.05) is 11.1 Å². The van der Waals surface area contributed by atoms with Crippen LogP contribution in [0.2, 0.25) is 0 Å². The Bertz CT molecular complexity index is 430. The van der Waals surface area contributed by atoms with Crippen LogP contribution < -0.4 is 11.1 Å². The van der Waals surface area contributed by atoms with Gasteiger partial charge in [0.2, 0.25) is 0 Å². The van der Waals surface area contributed by atoms with Gasteiger partial charge in [-0.15, -0.1) is 0 Å². The van der Waals surface area contributed by atoms with Crippen molar-refractivity contribution in [1.29, 1.82) is 0 Å². The number of anilines is 2. The van der Waals surface area contributed by atoms with Gasteiger partial charge in [0.25, 0.3) is 5.69 Å². The zero-order valence-corrected chi connectivity index (χ0v) is 9.85. The van der Waals surface area contributed by atoms with Crippen LogP contribution in [0.15, 0.2) is 18.2 Å². The van der Waals surface area contributed by atoms with Crippen LogP contribution in [0.5, 0.6) is 0 Å². The Morgan fingerprint density at radius 1 is 1.53 bits per heavy atom. The minimum Gasteiger partial charge on any atom is -0.397 e. The molecule has 2 rings (SSSR count).